The van der Waals surface area contributed by atoms with E-state index in [2.05, 4.69) is 15.6 Å². The molecule has 0 atom stereocenters. The number of ether oxygens (including phenoxy) is 1. The van der Waals surface area contributed by atoms with Crippen molar-refractivity contribution in [2.24, 2.45) is 4.99 Å². The third-order valence-corrected chi connectivity index (χ3v) is 4.71. The number of nitrogens with one attached hydrogen (secondary N) is 2. The van der Waals surface area contributed by atoms with Crippen LogP contribution in [0.15, 0.2) is 29.3 Å². The first-order valence-electron chi connectivity index (χ1n) is 10.5. The second-order valence-corrected chi connectivity index (χ2v) is 8.23. The third kappa shape index (κ3) is 8.92. The van der Waals surface area contributed by atoms with Crippen molar-refractivity contribution in [2.45, 2.75) is 52.7 Å². The van der Waals surface area contributed by atoms with Gasteiger partial charge >= 0.3 is 6.09 Å². The summed E-state index contributed by atoms with van der Waals surface area (Å²) in [6.07, 6.45) is 1.24. The number of carbonyl (C=O) groups is 2. The number of amides is 2. The molecule has 0 aliphatic carbocycles. The van der Waals surface area contributed by atoms with E-state index in [9.17, 15) is 9.59 Å². The van der Waals surface area contributed by atoms with Crippen LogP contribution in [0.5, 0.6) is 0 Å². The lowest BCUT2D eigenvalue weighted by molar-refractivity contribution is -0.117. The van der Waals surface area contributed by atoms with Crippen LogP contribution in [0.4, 0.5) is 10.5 Å². The number of guanidine groups is 1. The van der Waals surface area contributed by atoms with E-state index in [1.165, 1.54) is 0 Å². The Morgan fingerprint density at radius 3 is 2.42 bits per heavy atom. The van der Waals surface area contributed by atoms with Crippen molar-refractivity contribution in [3.63, 3.8) is 0 Å². The quantitative estimate of drug-likeness (QED) is 0.312. The molecule has 1 aromatic carbocycles. The van der Waals surface area contributed by atoms with Crippen molar-refractivity contribution in [2.75, 3.05) is 38.1 Å². The molecule has 1 saturated heterocycles. The summed E-state index contributed by atoms with van der Waals surface area (Å²) in [5.41, 5.74) is 1.54. The summed E-state index contributed by atoms with van der Waals surface area (Å²) in [4.78, 5) is 31.8. The SMILES string of the molecule is CCN(CCNC(=NC)NCc1ccc(N2CCCC2=O)cc1)C(=O)OC(C)(C)C.I. The molecule has 0 saturated carbocycles. The van der Waals surface area contributed by atoms with E-state index in [0.717, 1.165) is 24.2 Å². The topological polar surface area (TPSA) is 86.3 Å². The van der Waals surface area contributed by atoms with E-state index in [1.807, 2.05) is 56.9 Å². The largest absolute Gasteiger partial charge is 0.444 e. The smallest absolute Gasteiger partial charge is 0.410 e. The molecule has 1 fully saturated rings. The molecule has 2 N–H and O–H groups in total. The van der Waals surface area contributed by atoms with E-state index in [4.69, 9.17) is 4.74 Å². The van der Waals surface area contributed by atoms with Gasteiger partial charge in [-0.1, -0.05) is 12.1 Å². The molecule has 0 unspecified atom stereocenters. The molecule has 0 bridgehead atoms. The van der Waals surface area contributed by atoms with E-state index in [1.54, 1.807) is 11.9 Å². The molecular formula is C22H36IN5O3. The molecule has 0 aromatic heterocycles. The number of carbonyl (C=O) groups excluding carboxylic acids is 2. The first-order valence-corrected chi connectivity index (χ1v) is 10.5. The number of benzene rings is 1. The Morgan fingerprint density at radius 1 is 1.23 bits per heavy atom. The van der Waals surface area contributed by atoms with Gasteiger partial charge in [-0.15, -0.1) is 24.0 Å². The molecule has 31 heavy (non-hydrogen) atoms. The Balaban J connectivity index is 0.00000480. The van der Waals surface area contributed by atoms with Gasteiger partial charge in [-0.3, -0.25) is 9.79 Å². The predicted molar refractivity (Wildman–Crippen MR) is 135 cm³/mol. The summed E-state index contributed by atoms with van der Waals surface area (Å²) >= 11 is 0. The Hall–Kier alpha value is -2.04. The van der Waals surface area contributed by atoms with Crippen LogP contribution >= 0.6 is 24.0 Å². The average molecular weight is 545 g/mol. The summed E-state index contributed by atoms with van der Waals surface area (Å²) in [5.74, 6) is 0.854. The zero-order valence-corrected chi connectivity index (χ0v) is 21.6. The van der Waals surface area contributed by atoms with Gasteiger partial charge in [0.25, 0.3) is 0 Å². The summed E-state index contributed by atoms with van der Waals surface area (Å²) < 4.78 is 5.42. The molecule has 1 aromatic rings. The van der Waals surface area contributed by atoms with Crippen LogP contribution in [0.1, 0.15) is 46.1 Å². The van der Waals surface area contributed by atoms with Crippen molar-refractivity contribution >= 4 is 47.6 Å². The minimum absolute atomic E-state index is 0. The monoisotopic (exact) mass is 545 g/mol. The first-order chi connectivity index (χ1) is 14.2. The Bertz CT molecular complexity index is 747. The minimum atomic E-state index is -0.507. The van der Waals surface area contributed by atoms with E-state index >= 15 is 0 Å². The molecule has 174 valence electrons. The number of halogens is 1. The van der Waals surface area contributed by atoms with Crippen molar-refractivity contribution in [3.05, 3.63) is 29.8 Å². The number of rotatable bonds is 7. The zero-order chi connectivity index (χ0) is 22.1. The molecule has 1 aliphatic heterocycles. The standard InChI is InChI=1S/C22H35N5O3.HI/c1-6-26(21(29)30-22(2,3)4)15-13-24-20(23-5)25-16-17-9-11-18(12-10-17)27-14-7-8-19(27)28;/h9-12H,6-8,13-16H2,1-5H3,(H2,23,24,25);1H. The van der Waals surface area contributed by atoms with Crippen LogP contribution in [-0.4, -0.2) is 61.7 Å². The van der Waals surface area contributed by atoms with Crippen LogP contribution in [0, 0.1) is 0 Å². The van der Waals surface area contributed by atoms with Gasteiger partial charge in [-0.2, -0.15) is 0 Å². The molecule has 0 radical (unpaired) electrons. The molecule has 8 nitrogen and oxygen atoms in total. The van der Waals surface area contributed by atoms with Gasteiger partial charge in [0.05, 0.1) is 0 Å². The summed E-state index contributed by atoms with van der Waals surface area (Å²) in [5, 5.41) is 6.49. The first kappa shape index (κ1) is 27.0. The molecule has 1 heterocycles. The van der Waals surface area contributed by atoms with E-state index in [0.29, 0.717) is 38.6 Å². The number of likely N-dealkylation sites (N-methyl/N-ethyl adjacent to an activating group) is 1. The van der Waals surface area contributed by atoms with Crippen LogP contribution in [0.25, 0.3) is 0 Å². The average Bonchev–Trinajstić information content (AvgIpc) is 3.12. The Morgan fingerprint density at radius 2 is 1.90 bits per heavy atom. The van der Waals surface area contributed by atoms with Gasteiger partial charge in [0.1, 0.15) is 5.60 Å². The second-order valence-electron chi connectivity index (χ2n) is 8.23. The van der Waals surface area contributed by atoms with Gasteiger partial charge in [0.2, 0.25) is 5.91 Å². The molecule has 0 spiro atoms. The highest BCUT2D eigenvalue weighted by atomic mass is 127. The molecule has 1 aliphatic rings. The van der Waals surface area contributed by atoms with Crippen LogP contribution in [0.3, 0.4) is 0 Å². The highest BCUT2D eigenvalue weighted by Crippen LogP contribution is 2.21. The Kier molecular flexibility index (Phi) is 11.1. The lowest BCUT2D eigenvalue weighted by atomic mass is 10.2. The van der Waals surface area contributed by atoms with E-state index in [-0.39, 0.29) is 36.0 Å². The highest BCUT2D eigenvalue weighted by molar-refractivity contribution is 14.0. The van der Waals surface area contributed by atoms with Gasteiger partial charge < -0.3 is 25.2 Å². The number of aliphatic imine (C=N–C) groups is 1. The summed E-state index contributed by atoms with van der Waals surface area (Å²) in [7, 11) is 1.71. The van der Waals surface area contributed by atoms with Gasteiger partial charge in [-0.25, -0.2) is 4.79 Å². The van der Waals surface area contributed by atoms with Crippen molar-refractivity contribution in [1.82, 2.24) is 15.5 Å². The maximum atomic E-state index is 12.2. The van der Waals surface area contributed by atoms with Crippen molar-refractivity contribution in [1.29, 1.82) is 0 Å². The third-order valence-electron chi connectivity index (χ3n) is 4.71. The van der Waals surface area contributed by atoms with Gasteiger partial charge in [0.15, 0.2) is 5.96 Å². The number of hydrogen-bond acceptors (Lipinski definition) is 4. The minimum Gasteiger partial charge on any atom is -0.444 e. The highest BCUT2D eigenvalue weighted by Gasteiger charge is 2.22. The summed E-state index contributed by atoms with van der Waals surface area (Å²) in [6, 6.07) is 8.00. The molecule has 9 heteroatoms. The maximum Gasteiger partial charge on any atom is 0.410 e. The fraction of sp³-hybridized carbons (Fsp3) is 0.591. The van der Waals surface area contributed by atoms with E-state index < -0.39 is 5.60 Å². The number of anilines is 1. The number of nitrogens with zero attached hydrogens (tertiary/aromatic N) is 3. The van der Waals surface area contributed by atoms with Crippen LogP contribution in [-0.2, 0) is 16.1 Å². The van der Waals surface area contributed by atoms with Crippen LogP contribution in [0.2, 0.25) is 0 Å². The summed E-state index contributed by atoms with van der Waals surface area (Å²) in [6.45, 7) is 10.6. The number of hydrogen-bond donors (Lipinski definition) is 2. The fourth-order valence-electron chi connectivity index (χ4n) is 3.14. The normalized spacial score (nSPS) is 14.2. The van der Waals surface area contributed by atoms with Crippen molar-refractivity contribution in [3.8, 4) is 0 Å². The van der Waals surface area contributed by atoms with Crippen molar-refractivity contribution < 1.29 is 14.3 Å². The lowest BCUT2D eigenvalue weighted by Crippen LogP contribution is -2.44. The van der Waals surface area contributed by atoms with Crippen LogP contribution < -0.4 is 15.5 Å². The fourth-order valence-corrected chi connectivity index (χ4v) is 3.14. The second kappa shape index (κ2) is 12.7. The predicted octanol–water partition coefficient (Wildman–Crippen LogP) is 3.35. The zero-order valence-electron chi connectivity index (χ0n) is 19.2. The molecular weight excluding hydrogens is 509 g/mol. The Labute approximate surface area is 202 Å². The maximum absolute atomic E-state index is 12.2. The van der Waals surface area contributed by atoms with Gasteiger partial charge in [-0.05, 0) is 51.8 Å². The molecule has 2 rings (SSSR count). The molecule has 2 amide bonds. The lowest BCUT2D eigenvalue weighted by Gasteiger charge is -2.26. The van der Waals surface area contributed by atoms with Gasteiger partial charge in [0, 0.05) is 51.9 Å².